The number of amides is 5. The molecular weight excluding hydrogens is 602 g/mol. The Kier molecular flexibility index (Phi) is 19.8. The quantitative estimate of drug-likeness (QED) is 0.0334. The van der Waals surface area contributed by atoms with Crippen LogP contribution in [0, 0.1) is 17.8 Å². The predicted octanol–water partition coefficient (Wildman–Crippen LogP) is -2.36. The van der Waals surface area contributed by atoms with E-state index in [0.29, 0.717) is 6.42 Å². The van der Waals surface area contributed by atoms with Crippen LogP contribution in [0.5, 0.6) is 0 Å². The molecule has 0 spiro atoms. The van der Waals surface area contributed by atoms with Crippen molar-refractivity contribution in [3.63, 3.8) is 0 Å². The molecule has 0 rings (SSSR count). The average molecular weight is 658 g/mol. The predicted molar refractivity (Wildman–Crippen MR) is 172 cm³/mol. The first-order valence-electron chi connectivity index (χ1n) is 15.6. The highest BCUT2D eigenvalue weighted by Crippen LogP contribution is 2.11. The van der Waals surface area contributed by atoms with Crippen LogP contribution in [0.1, 0.15) is 73.6 Å². The summed E-state index contributed by atoms with van der Waals surface area (Å²) in [5, 5.41) is 31.3. The van der Waals surface area contributed by atoms with Crippen molar-refractivity contribution in [1.29, 1.82) is 0 Å². The molecule has 5 amide bonds. The summed E-state index contributed by atoms with van der Waals surface area (Å²) in [6.07, 6.45) is 1.25. The summed E-state index contributed by atoms with van der Waals surface area (Å²) in [7, 11) is 0. The first-order chi connectivity index (χ1) is 21.4. The monoisotopic (exact) mass is 657 g/mol. The van der Waals surface area contributed by atoms with E-state index in [2.05, 4.69) is 31.6 Å². The number of carbonyl (C=O) groups is 6. The zero-order chi connectivity index (χ0) is 35.6. The van der Waals surface area contributed by atoms with E-state index in [1.807, 2.05) is 34.6 Å². The van der Waals surface area contributed by atoms with Crippen LogP contribution in [0.2, 0.25) is 0 Å². The van der Waals surface area contributed by atoms with Crippen molar-refractivity contribution in [2.75, 3.05) is 19.7 Å². The third kappa shape index (κ3) is 16.9. The highest BCUT2D eigenvalue weighted by molar-refractivity contribution is 5.95. The van der Waals surface area contributed by atoms with Gasteiger partial charge in [-0.25, -0.2) is 4.79 Å². The van der Waals surface area contributed by atoms with Crippen molar-refractivity contribution in [3.05, 3.63) is 0 Å². The van der Waals surface area contributed by atoms with Gasteiger partial charge in [0.05, 0.1) is 13.2 Å². The fourth-order valence-electron chi connectivity index (χ4n) is 4.28. The van der Waals surface area contributed by atoms with E-state index < -0.39 is 78.9 Å². The number of rotatable bonds is 22. The summed E-state index contributed by atoms with van der Waals surface area (Å²) in [6.45, 7) is 9.84. The Labute approximate surface area is 270 Å². The Morgan fingerprint density at radius 1 is 0.761 bits per heavy atom. The molecule has 0 unspecified atom stereocenters. The number of nitrogens with one attached hydrogen (secondary N) is 5. The summed E-state index contributed by atoms with van der Waals surface area (Å²) in [4.78, 5) is 80.1. The van der Waals surface area contributed by atoms with E-state index >= 15 is 0 Å². The molecule has 0 heterocycles. The highest BCUT2D eigenvalue weighted by atomic mass is 16.4. The largest absolute Gasteiger partial charge is 0.480 e. The van der Waals surface area contributed by atoms with Gasteiger partial charge in [0.25, 0.3) is 0 Å². The van der Waals surface area contributed by atoms with Crippen LogP contribution in [0.15, 0.2) is 4.99 Å². The summed E-state index contributed by atoms with van der Waals surface area (Å²) in [5.41, 5.74) is 16.3. The van der Waals surface area contributed by atoms with Gasteiger partial charge in [-0.15, -0.1) is 0 Å². The number of hydrogen-bond acceptors (Lipinski definition) is 9. The minimum Gasteiger partial charge on any atom is -0.480 e. The molecule has 17 heteroatoms. The average Bonchev–Trinajstić information content (AvgIpc) is 2.97. The van der Waals surface area contributed by atoms with Crippen molar-refractivity contribution >= 4 is 41.5 Å². The Bertz CT molecular complexity index is 1050. The van der Waals surface area contributed by atoms with Crippen LogP contribution in [-0.4, -0.2) is 102 Å². The van der Waals surface area contributed by atoms with Crippen LogP contribution >= 0.6 is 0 Å². The molecule has 0 aliphatic carbocycles. The molecule has 6 atom stereocenters. The Morgan fingerprint density at radius 3 is 1.80 bits per heavy atom. The van der Waals surface area contributed by atoms with Gasteiger partial charge in [0.2, 0.25) is 29.5 Å². The summed E-state index contributed by atoms with van der Waals surface area (Å²) >= 11 is 0. The van der Waals surface area contributed by atoms with Crippen molar-refractivity contribution in [2.24, 2.45) is 39.9 Å². The summed E-state index contributed by atoms with van der Waals surface area (Å²) < 4.78 is 0. The molecule has 0 aromatic carbocycles. The number of carboxylic acid groups (broad SMARTS) is 1. The third-order valence-corrected chi connectivity index (χ3v) is 7.01. The lowest BCUT2D eigenvalue weighted by molar-refractivity contribution is -0.142. The van der Waals surface area contributed by atoms with Gasteiger partial charge in [0.15, 0.2) is 5.96 Å². The zero-order valence-corrected chi connectivity index (χ0v) is 27.8. The number of aliphatic hydroxyl groups is 1. The number of carbonyl (C=O) groups excluding carboxylic acids is 5. The lowest BCUT2D eigenvalue weighted by Crippen LogP contribution is -2.58. The maximum absolute atomic E-state index is 13.2. The lowest BCUT2D eigenvalue weighted by atomic mass is 9.96. The fourth-order valence-corrected chi connectivity index (χ4v) is 4.28. The Balaban J connectivity index is 5.66. The maximum Gasteiger partial charge on any atom is 0.326 e. The van der Waals surface area contributed by atoms with Crippen molar-refractivity contribution < 1.29 is 39.0 Å². The molecule has 0 aromatic rings. The Hall–Kier alpha value is -3.99. The molecule has 46 heavy (non-hydrogen) atoms. The standard InChI is InChI=1S/C29H55N9O8/c1-7-17(6)23(38-26(43)20(11-15(2)3)36-24(41)18(30)14-39)27(44)34-13-22(40)35-19(9-8-10-33-29(31)32)25(42)37-21(28(45)46)12-16(4)5/h15-21,23,39H,7-14,30H2,1-6H3,(H,34,44)(H,35,40)(H,36,41)(H,37,42)(H,38,43)(H,45,46)(H4,31,32,33)/t17-,18+,19+,20-,21-,23-/m0/s1. The molecule has 0 saturated heterocycles. The van der Waals surface area contributed by atoms with E-state index in [0.717, 1.165) is 0 Å². The first-order valence-corrected chi connectivity index (χ1v) is 15.6. The second kappa shape index (κ2) is 21.7. The van der Waals surface area contributed by atoms with E-state index in [1.54, 1.807) is 6.92 Å². The molecule has 0 saturated carbocycles. The minimum atomic E-state index is -1.22. The highest BCUT2D eigenvalue weighted by Gasteiger charge is 2.32. The van der Waals surface area contributed by atoms with E-state index in [9.17, 15) is 39.0 Å². The van der Waals surface area contributed by atoms with E-state index in [4.69, 9.17) is 17.2 Å². The van der Waals surface area contributed by atoms with Crippen LogP contribution in [-0.2, 0) is 28.8 Å². The molecule has 0 aromatic heterocycles. The maximum atomic E-state index is 13.2. The molecule has 0 aliphatic heterocycles. The zero-order valence-electron chi connectivity index (χ0n) is 27.8. The number of nitrogens with two attached hydrogens (primary N) is 3. The lowest BCUT2D eigenvalue weighted by Gasteiger charge is -2.27. The van der Waals surface area contributed by atoms with Crippen molar-refractivity contribution in [1.82, 2.24) is 26.6 Å². The van der Waals surface area contributed by atoms with Gasteiger partial charge in [-0.1, -0.05) is 48.0 Å². The molecule has 17 nitrogen and oxygen atoms in total. The first kappa shape index (κ1) is 42.0. The van der Waals surface area contributed by atoms with Gasteiger partial charge in [0.1, 0.15) is 30.2 Å². The number of carboxylic acids is 1. The van der Waals surface area contributed by atoms with Crippen molar-refractivity contribution in [2.45, 2.75) is 104 Å². The molecule has 0 bridgehead atoms. The SMILES string of the molecule is CC[C@H](C)[C@H](NC(=O)[C@H](CC(C)C)NC(=O)[C@H](N)CO)C(=O)NCC(=O)N[C@H](CCCN=C(N)N)C(=O)N[C@@H](CC(C)C)C(=O)O. The summed E-state index contributed by atoms with van der Waals surface area (Å²) in [5.74, 6) is -5.26. The topological polar surface area (TPSA) is 293 Å². The van der Waals surface area contributed by atoms with Crippen LogP contribution in [0.4, 0.5) is 0 Å². The molecule has 0 radical (unpaired) electrons. The normalized spacial score (nSPS) is 15.0. The van der Waals surface area contributed by atoms with Gasteiger partial charge < -0.3 is 54.0 Å². The van der Waals surface area contributed by atoms with Gasteiger partial charge in [0, 0.05) is 6.54 Å². The number of aliphatic imine (C=N–C) groups is 1. The minimum absolute atomic E-state index is 0.0123. The fraction of sp³-hybridized carbons (Fsp3) is 0.759. The third-order valence-electron chi connectivity index (χ3n) is 7.01. The second-order valence-electron chi connectivity index (χ2n) is 12.2. The number of aliphatic carboxylic acids is 1. The Morgan fingerprint density at radius 2 is 1.30 bits per heavy atom. The molecule has 264 valence electrons. The smallest absolute Gasteiger partial charge is 0.326 e. The molecule has 13 N–H and O–H groups in total. The molecule has 0 fully saturated rings. The number of hydrogen-bond donors (Lipinski definition) is 10. The second-order valence-corrected chi connectivity index (χ2v) is 12.2. The van der Waals surface area contributed by atoms with Crippen molar-refractivity contribution in [3.8, 4) is 0 Å². The summed E-state index contributed by atoms with van der Waals surface area (Å²) in [6, 6.07) is -5.65. The number of guanidine groups is 1. The van der Waals surface area contributed by atoms with Crippen LogP contribution in [0.25, 0.3) is 0 Å². The van der Waals surface area contributed by atoms with Gasteiger partial charge in [-0.2, -0.15) is 0 Å². The van der Waals surface area contributed by atoms with Crippen LogP contribution in [0.3, 0.4) is 0 Å². The molecule has 0 aliphatic rings. The van der Waals surface area contributed by atoms with Crippen LogP contribution < -0.4 is 43.8 Å². The molecular formula is C29H55N9O8. The van der Waals surface area contributed by atoms with Gasteiger partial charge in [-0.05, 0) is 43.4 Å². The number of nitrogens with zero attached hydrogens (tertiary/aromatic N) is 1. The van der Waals surface area contributed by atoms with Gasteiger partial charge in [-0.3, -0.25) is 29.0 Å². The van der Waals surface area contributed by atoms with E-state index in [-0.39, 0.29) is 55.9 Å². The van der Waals surface area contributed by atoms with Gasteiger partial charge >= 0.3 is 5.97 Å². The van der Waals surface area contributed by atoms with E-state index in [1.165, 1.54) is 0 Å². The number of aliphatic hydroxyl groups excluding tert-OH is 1.